The van der Waals surface area contributed by atoms with Gasteiger partial charge >= 0.3 is 0 Å². The predicted molar refractivity (Wildman–Crippen MR) is 72.5 cm³/mol. The molecular formula is C12H11Cl2N3O. The van der Waals surface area contributed by atoms with Crippen molar-refractivity contribution < 1.29 is 4.79 Å². The van der Waals surface area contributed by atoms with Gasteiger partial charge in [-0.1, -0.05) is 29.3 Å². The van der Waals surface area contributed by atoms with Crippen LogP contribution in [0.4, 0.5) is 5.82 Å². The van der Waals surface area contributed by atoms with E-state index in [4.69, 9.17) is 23.2 Å². The molecule has 1 aromatic carbocycles. The van der Waals surface area contributed by atoms with Crippen LogP contribution in [0.25, 0.3) is 0 Å². The average Bonchev–Trinajstić information content (AvgIpc) is 2.64. The number of carbonyl (C=O) groups is 1. The molecule has 0 atom stereocenters. The van der Waals surface area contributed by atoms with E-state index in [1.165, 1.54) is 0 Å². The molecule has 2 aromatic rings. The standard InChI is InChI=1S/C12H11Cl2N3O/c1-6-7(2)16-17-11(6)15-12(18)8-4-3-5-9(13)10(8)14/h3-5H,1-2H3,(H2,15,16,17,18). The zero-order chi connectivity index (χ0) is 13.3. The molecule has 0 aliphatic heterocycles. The highest BCUT2D eigenvalue weighted by atomic mass is 35.5. The van der Waals surface area contributed by atoms with Crippen molar-refractivity contribution in [2.24, 2.45) is 0 Å². The molecule has 1 aromatic heterocycles. The molecule has 94 valence electrons. The molecule has 6 heteroatoms. The van der Waals surface area contributed by atoms with E-state index in [0.717, 1.165) is 11.3 Å². The molecular weight excluding hydrogens is 273 g/mol. The first kappa shape index (κ1) is 12.9. The van der Waals surface area contributed by atoms with Crippen LogP contribution in [0.3, 0.4) is 0 Å². The molecule has 0 bridgehead atoms. The number of hydrogen-bond acceptors (Lipinski definition) is 2. The molecule has 1 heterocycles. The fraction of sp³-hybridized carbons (Fsp3) is 0.167. The number of nitrogens with zero attached hydrogens (tertiary/aromatic N) is 1. The molecule has 0 spiro atoms. The van der Waals surface area contributed by atoms with E-state index in [-0.39, 0.29) is 10.9 Å². The lowest BCUT2D eigenvalue weighted by molar-refractivity contribution is 0.102. The first-order chi connectivity index (χ1) is 8.50. The number of aromatic amines is 1. The van der Waals surface area contributed by atoms with Crippen LogP contribution in [0.2, 0.25) is 10.0 Å². The number of amides is 1. The quantitative estimate of drug-likeness (QED) is 0.885. The van der Waals surface area contributed by atoms with Gasteiger partial charge < -0.3 is 5.32 Å². The van der Waals surface area contributed by atoms with Crippen molar-refractivity contribution in [1.29, 1.82) is 0 Å². The average molecular weight is 284 g/mol. The number of benzene rings is 1. The number of anilines is 1. The summed E-state index contributed by atoms with van der Waals surface area (Å²) in [6.07, 6.45) is 0. The van der Waals surface area contributed by atoms with Gasteiger partial charge in [0.05, 0.1) is 15.6 Å². The number of halogens is 2. The Morgan fingerprint density at radius 2 is 2.06 bits per heavy atom. The van der Waals surface area contributed by atoms with Crippen molar-refractivity contribution in [2.45, 2.75) is 13.8 Å². The maximum absolute atomic E-state index is 12.0. The first-order valence-corrected chi connectivity index (χ1v) is 6.03. The largest absolute Gasteiger partial charge is 0.305 e. The molecule has 0 aliphatic rings. The topological polar surface area (TPSA) is 57.8 Å². The van der Waals surface area contributed by atoms with Gasteiger partial charge in [0.1, 0.15) is 0 Å². The summed E-state index contributed by atoms with van der Waals surface area (Å²) in [6, 6.07) is 4.91. The van der Waals surface area contributed by atoms with Crippen LogP contribution in [-0.2, 0) is 0 Å². The fourth-order valence-corrected chi connectivity index (χ4v) is 1.85. The zero-order valence-corrected chi connectivity index (χ0v) is 11.4. The molecule has 18 heavy (non-hydrogen) atoms. The van der Waals surface area contributed by atoms with Crippen molar-refractivity contribution in [3.05, 3.63) is 45.1 Å². The predicted octanol–water partition coefficient (Wildman–Crippen LogP) is 3.59. The summed E-state index contributed by atoms with van der Waals surface area (Å²) in [6.45, 7) is 3.75. The molecule has 0 fully saturated rings. The number of hydrogen-bond donors (Lipinski definition) is 2. The van der Waals surface area contributed by atoms with E-state index in [2.05, 4.69) is 15.5 Å². The van der Waals surface area contributed by atoms with Crippen molar-refractivity contribution in [2.75, 3.05) is 5.32 Å². The second-order valence-electron chi connectivity index (χ2n) is 3.88. The summed E-state index contributed by atoms with van der Waals surface area (Å²) in [5, 5.41) is 10.1. The van der Waals surface area contributed by atoms with Gasteiger partial charge in [0.2, 0.25) is 0 Å². The zero-order valence-electron chi connectivity index (χ0n) is 9.84. The lowest BCUT2D eigenvalue weighted by Gasteiger charge is -2.06. The van der Waals surface area contributed by atoms with Gasteiger partial charge in [0.25, 0.3) is 5.91 Å². The minimum atomic E-state index is -0.336. The van der Waals surface area contributed by atoms with Crippen molar-refractivity contribution in [1.82, 2.24) is 10.2 Å². The third-order valence-electron chi connectivity index (χ3n) is 2.68. The second-order valence-corrected chi connectivity index (χ2v) is 4.66. The maximum atomic E-state index is 12.0. The van der Waals surface area contributed by atoms with E-state index in [1.54, 1.807) is 18.2 Å². The third-order valence-corrected chi connectivity index (χ3v) is 3.50. The molecule has 4 nitrogen and oxygen atoms in total. The summed E-state index contributed by atoms with van der Waals surface area (Å²) >= 11 is 11.8. The molecule has 0 unspecified atom stereocenters. The Hall–Kier alpha value is -1.52. The molecule has 2 rings (SSSR count). The second kappa shape index (κ2) is 5.00. The molecule has 1 amide bonds. The van der Waals surface area contributed by atoms with Crippen LogP contribution < -0.4 is 5.32 Å². The maximum Gasteiger partial charge on any atom is 0.258 e. The van der Waals surface area contributed by atoms with Crippen molar-refractivity contribution in [3.8, 4) is 0 Å². The van der Waals surface area contributed by atoms with Gasteiger partial charge in [0, 0.05) is 11.3 Å². The van der Waals surface area contributed by atoms with Gasteiger partial charge in [-0.15, -0.1) is 0 Å². The normalized spacial score (nSPS) is 10.4. The van der Waals surface area contributed by atoms with Crippen LogP contribution >= 0.6 is 23.2 Å². The van der Waals surface area contributed by atoms with Gasteiger partial charge in [-0.05, 0) is 26.0 Å². The monoisotopic (exact) mass is 283 g/mol. The summed E-state index contributed by atoms with van der Waals surface area (Å²) in [4.78, 5) is 12.0. The van der Waals surface area contributed by atoms with Crippen LogP contribution in [0, 0.1) is 13.8 Å². The molecule has 0 aliphatic carbocycles. The van der Waals surface area contributed by atoms with Crippen LogP contribution in [-0.4, -0.2) is 16.1 Å². The summed E-state index contributed by atoms with van der Waals surface area (Å²) in [5.41, 5.74) is 2.12. The van der Waals surface area contributed by atoms with Gasteiger partial charge in [-0.2, -0.15) is 5.10 Å². The first-order valence-electron chi connectivity index (χ1n) is 5.27. The molecule has 0 radical (unpaired) electrons. The highest BCUT2D eigenvalue weighted by Gasteiger charge is 2.15. The molecule has 0 saturated heterocycles. The van der Waals surface area contributed by atoms with E-state index in [0.29, 0.717) is 16.4 Å². The smallest absolute Gasteiger partial charge is 0.258 e. The Kier molecular flexibility index (Phi) is 3.59. The highest BCUT2D eigenvalue weighted by Crippen LogP contribution is 2.26. The Morgan fingerprint density at radius 3 is 2.67 bits per heavy atom. The fourth-order valence-electron chi connectivity index (χ4n) is 1.46. The molecule has 0 saturated carbocycles. The molecule has 2 N–H and O–H groups in total. The van der Waals surface area contributed by atoms with E-state index < -0.39 is 0 Å². The van der Waals surface area contributed by atoms with Crippen LogP contribution in [0.5, 0.6) is 0 Å². The van der Waals surface area contributed by atoms with E-state index in [1.807, 2.05) is 13.8 Å². The van der Waals surface area contributed by atoms with Crippen LogP contribution in [0.1, 0.15) is 21.6 Å². The van der Waals surface area contributed by atoms with E-state index in [9.17, 15) is 4.79 Å². The number of aromatic nitrogens is 2. The summed E-state index contributed by atoms with van der Waals surface area (Å²) < 4.78 is 0. The lowest BCUT2D eigenvalue weighted by Crippen LogP contribution is -2.13. The number of H-pyrrole nitrogens is 1. The number of nitrogens with one attached hydrogen (secondary N) is 2. The Labute approximate surface area is 114 Å². The Morgan fingerprint density at radius 1 is 1.33 bits per heavy atom. The third kappa shape index (κ3) is 2.35. The number of carbonyl (C=O) groups excluding carboxylic acids is 1. The SMILES string of the molecule is Cc1[nH]nc(NC(=O)c2cccc(Cl)c2Cl)c1C. The summed E-state index contributed by atoms with van der Waals surface area (Å²) in [5.74, 6) is 0.158. The van der Waals surface area contributed by atoms with Gasteiger partial charge in [0.15, 0.2) is 5.82 Å². The minimum absolute atomic E-state index is 0.238. The Bertz CT molecular complexity index is 607. The lowest BCUT2D eigenvalue weighted by atomic mass is 10.2. The van der Waals surface area contributed by atoms with Gasteiger partial charge in [-0.25, -0.2) is 0 Å². The summed E-state index contributed by atoms with van der Waals surface area (Å²) in [7, 11) is 0. The minimum Gasteiger partial charge on any atom is -0.305 e. The highest BCUT2D eigenvalue weighted by molar-refractivity contribution is 6.44. The Balaban J connectivity index is 2.28. The number of aryl methyl sites for hydroxylation is 1. The van der Waals surface area contributed by atoms with Crippen molar-refractivity contribution in [3.63, 3.8) is 0 Å². The van der Waals surface area contributed by atoms with E-state index >= 15 is 0 Å². The number of rotatable bonds is 2. The van der Waals surface area contributed by atoms with Gasteiger partial charge in [-0.3, -0.25) is 9.89 Å². The van der Waals surface area contributed by atoms with Crippen LogP contribution in [0.15, 0.2) is 18.2 Å². The van der Waals surface area contributed by atoms with Crippen molar-refractivity contribution >= 4 is 34.9 Å².